The Morgan fingerprint density at radius 2 is 1.15 bits per heavy atom. The van der Waals surface area contributed by atoms with Crippen molar-refractivity contribution in [3.63, 3.8) is 0 Å². The second-order valence-corrected chi connectivity index (χ2v) is 13.6. The summed E-state index contributed by atoms with van der Waals surface area (Å²) in [5.41, 5.74) is 10.7. The monoisotopic (exact) mass is 561 g/mol. The molecule has 0 saturated carbocycles. The number of hydrogen-bond acceptors (Lipinski definition) is 0. The van der Waals surface area contributed by atoms with E-state index in [1.54, 1.807) is 0 Å². The van der Waals surface area contributed by atoms with Crippen molar-refractivity contribution in [2.75, 3.05) is 0 Å². The third-order valence-electron chi connectivity index (χ3n) is 7.23. The Labute approximate surface area is 223 Å². The van der Waals surface area contributed by atoms with Crippen LogP contribution in [-0.4, -0.2) is 0 Å². The van der Waals surface area contributed by atoms with Gasteiger partial charge < -0.3 is 0 Å². The molecule has 4 aromatic rings. The molecule has 1 aliphatic carbocycles. The molecule has 0 aliphatic heterocycles. The van der Waals surface area contributed by atoms with Gasteiger partial charge in [0.15, 0.2) is 0 Å². The van der Waals surface area contributed by atoms with Crippen LogP contribution in [-0.2, 0) is 38.1 Å². The summed E-state index contributed by atoms with van der Waals surface area (Å²) in [7, 11) is 9.87. The molecule has 0 heterocycles. The van der Waals surface area contributed by atoms with Gasteiger partial charge in [-0.15, -0.1) is 11.1 Å². The first-order valence-corrected chi connectivity index (χ1v) is 17.9. The van der Waals surface area contributed by atoms with Gasteiger partial charge in [0.1, 0.15) is 0 Å². The molecule has 0 amide bonds. The third kappa shape index (κ3) is 4.99. The van der Waals surface area contributed by atoms with Gasteiger partial charge in [-0.05, 0) is 28.5 Å². The van der Waals surface area contributed by atoms with Gasteiger partial charge >= 0.3 is 37.9 Å². The molecule has 0 bridgehead atoms. The SMILES string of the molecule is CC(C)(c1ccccc1)c1c[c-]c2c(c1)-c1cc(C(C)(C)c3ccccc3)ccc1C2.[Cl][Zr][Cl]. The number of benzene rings is 4. The summed E-state index contributed by atoms with van der Waals surface area (Å²) in [4.78, 5) is 0. The second kappa shape index (κ2) is 10.5. The maximum atomic E-state index is 4.93. The predicted molar refractivity (Wildman–Crippen MR) is 142 cm³/mol. The Balaban J connectivity index is 0.000000868. The van der Waals surface area contributed by atoms with Crippen LogP contribution < -0.4 is 0 Å². The second-order valence-electron chi connectivity index (χ2n) is 9.88. The van der Waals surface area contributed by atoms with Crippen molar-refractivity contribution in [3.8, 4) is 11.1 Å². The van der Waals surface area contributed by atoms with Crippen molar-refractivity contribution in [2.24, 2.45) is 0 Å². The van der Waals surface area contributed by atoms with Crippen molar-refractivity contribution >= 4 is 17.0 Å². The molecule has 0 saturated heterocycles. The summed E-state index contributed by atoms with van der Waals surface area (Å²) in [6.07, 6.45) is 0.975. The molecule has 0 fully saturated rings. The zero-order chi connectivity index (χ0) is 24.3. The Hall–Kier alpha value is -1.66. The van der Waals surface area contributed by atoms with Gasteiger partial charge in [-0.25, -0.2) is 0 Å². The van der Waals surface area contributed by atoms with Crippen LogP contribution in [0.5, 0.6) is 0 Å². The van der Waals surface area contributed by atoms with Crippen LogP contribution in [0.3, 0.4) is 0 Å². The zero-order valence-electron chi connectivity index (χ0n) is 20.1. The van der Waals surface area contributed by atoms with E-state index < -0.39 is 20.8 Å². The summed E-state index contributed by atoms with van der Waals surface area (Å²) < 4.78 is 0. The average Bonchev–Trinajstić information content (AvgIpc) is 3.23. The van der Waals surface area contributed by atoms with E-state index in [2.05, 4.69) is 125 Å². The van der Waals surface area contributed by atoms with Crippen molar-refractivity contribution in [2.45, 2.75) is 44.9 Å². The standard InChI is InChI=1S/C31H29.2ClH.Zr/c1-30(2,24-11-7-5-8-12-24)26-17-15-22-19-23-16-18-27(21-29(23)28(22)20-26)31(3,4)25-13-9-6-10-14-25;;;/h5-15,17-18,20-21H,19H2,1-4H3;2*1H;/q-1;;;+2/p-2. The molecule has 34 heavy (non-hydrogen) atoms. The molecule has 0 radical (unpaired) electrons. The van der Waals surface area contributed by atoms with Crippen molar-refractivity contribution in [1.82, 2.24) is 0 Å². The predicted octanol–water partition coefficient (Wildman–Crippen LogP) is 9.09. The van der Waals surface area contributed by atoms with Crippen LogP contribution in [0.4, 0.5) is 0 Å². The minimum atomic E-state index is -0.826. The van der Waals surface area contributed by atoms with E-state index in [9.17, 15) is 0 Å². The molecule has 1 aliphatic rings. The summed E-state index contributed by atoms with van der Waals surface area (Å²) >= 11 is -0.826. The molecule has 0 N–H and O–H groups in total. The number of hydrogen-bond donors (Lipinski definition) is 0. The molecule has 0 nitrogen and oxygen atoms in total. The molecular weight excluding hydrogens is 534 g/mol. The summed E-state index contributed by atoms with van der Waals surface area (Å²) in [6.45, 7) is 9.26. The number of fused-ring (bicyclic) bond motifs is 3. The Bertz CT molecular complexity index is 1160. The van der Waals surface area contributed by atoms with Gasteiger partial charge in [0.2, 0.25) is 0 Å². The molecule has 0 spiro atoms. The van der Waals surface area contributed by atoms with E-state index in [0.717, 1.165) is 6.42 Å². The molecule has 3 heteroatoms. The molecule has 0 unspecified atom stereocenters. The Morgan fingerprint density at radius 1 is 0.647 bits per heavy atom. The van der Waals surface area contributed by atoms with Gasteiger partial charge in [0.05, 0.1) is 0 Å². The molecule has 4 aromatic carbocycles. The fourth-order valence-corrected chi connectivity index (χ4v) is 4.88. The molecule has 172 valence electrons. The normalized spacial score (nSPS) is 12.3. The van der Waals surface area contributed by atoms with Crippen LogP contribution in [0.1, 0.15) is 61.1 Å². The molecule has 0 atom stereocenters. The number of rotatable bonds is 4. The minimum absolute atomic E-state index is 0.0380. The van der Waals surface area contributed by atoms with Crippen LogP contribution in [0.15, 0.2) is 91.0 Å². The molecule has 0 aromatic heterocycles. The summed E-state index contributed by atoms with van der Waals surface area (Å²) in [6, 6.07) is 36.9. The zero-order valence-corrected chi connectivity index (χ0v) is 24.1. The van der Waals surface area contributed by atoms with E-state index in [0.29, 0.717) is 0 Å². The average molecular weight is 564 g/mol. The van der Waals surface area contributed by atoms with Crippen LogP contribution in [0, 0.1) is 6.07 Å². The number of halogens is 2. The van der Waals surface area contributed by atoms with Crippen molar-refractivity contribution in [3.05, 3.63) is 130 Å². The van der Waals surface area contributed by atoms with E-state index in [1.807, 2.05) is 0 Å². The van der Waals surface area contributed by atoms with E-state index in [1.165, 1.54) is 44.5 Å². The third-order valence-corrected chi connectivity index (χ3v) is 7.23. The molecule has 5 rings (SSSR count). The topological polar surface area (TPSA) is 0 Å². The quantitative estimate of drug-likeness (QED) is 0.191. The van der Waals surface area contributed by atoms with E-state index in [-0.39, 0.29) is 10.8 Å². The summed E-state index contributed by atoms with van der Waals surface area (Å²) in [5.74, 6) is 0. The first-order chi connectivity index (χ1) is 16.3. The Kier molecular flexibility index (Phi) is 7.88. The van der Waals surface area contributed by atoms with Crippen LogP contribution in [0.2, 0.25) is 0 Å². The first kappa shape index (κ1) is 25.4. The maximum absolute atomic E-state index is 4.93. The first-order valence-electron chi connectivity index (χ1n) is 11.5. The van der Waals surface area contributed by atoms with E-state index in [4.69, 9.17) is 17.0 Å². The fraction of sp³-hybridized carbons (Fsp3) is 0.226. The molecular formula is C31H29Cl2Zr-. The van der Waals surface area contributed by atoms with Gasteiger partial charge in [0.25, 0.3) is 0 Å². The summed E-state index contributed by atoms with van der Waals surface area (Å²) in [5, 5.41) is 0. The fourth-order valence-electron chi connectivity index (χ4n) is 4.88. The van der Waals surface area contributed by atoms with Gasteiger partial charge in [-0.3, -0.25) is 0 Å². The van der Waals surface area contributed by atoms with E-state index >= 15 is 0 Å². The van der Waals surface area contributed by atoms with Crippen molar-refractivity contribution in [1.29, 1.82) is 0 Å². The van der Waals surface area contributed by atoms with Crippen LogP contribution >= 0.6 is 17.0 Å². The van der Waals surface area contributed by atoms with Gasteiger partial charge in [0, 0.05) is 5.41 Å². The van der Waals surface area contributed by atoms with Crippen molar-refractivity contribution < 1.29 is 20.8 Å². The Morgan fingerprint density at radius 3 is 1.71 bits per heavy atom. The van der Waals surface area contributed by atoms with Gasteiger partial charge in [-0.1, -0.05) is 118 Å². The van der Waals surface area contributed by atoms with Gasteiger partial charge in [-0.2, -0.15) is 23.8 Å². The van der Waals surface area contributed by atoms with Crippen LogP contribution in [0.25, 0.3) is 11.1 Å².